The lowest BCUT2D eigenvalue weighted by atomic mass is 9.99. The van der Waals surface area contributed by atoms with E-state index in [-0.39, 0.29) is 0 Å². The maximum Gasteiger partial charge on any atom is 0.118 e. The van der Waals surface area contributed by atoms with Crippen LogP contribution in [0.15, 0.2) is 48.5 Å². The molecule has 0 aliphatic rings. The third-order valence-corrected chi connectivity index (χ3v) is 3.49. The Labute approximate surface area is 121 Å². The van der Waals surface area contributed by atoms with Gasteiger partial charge in [-0.2, -0.15) is 0 Å². The molecule has 0 saturated heterocycles. The largest absolute Gasteiger partial charge is 0.497 e. The predicted octanol–water partition coefficient (Wildman–Crippen LogP) is 3.92. The van der Waals surface area contributed by atoms with Crippen molar-refractivity contribution in [1.29, 1.82) is 0 Å². The molecular formula is C18H22O2. The molecule has 2 nitrogen and oxygen atoms in total. The summed E-state index contributed by atoms with van der Waals surface area (Å²) in [7, 11) is 1.65. The Kier molecular flexibility index (Phi) is 5.19. The molecule has 2 aromatic carbocycles. The minimum atomic E-state index is -0.459. The van der Waals surface area contributed by atoms with Crippen LogP contribution in [0.5, 0.6) is 5.75 Å². The van der Waals surface area contributed by atoms with E-state index in [1.807, 2.05) is 36.4 Å². The second-order valence-electron chi connectivity index (χ2n) is 5.06. The highest BCUT2D eigenvalue weighted by molar-refractivity contribution is 5.30. The van der Waals surface area contributed by atoms with E-state index in [2.05, 4.69) is 19.1 Å². The molecule has 2 aromatic rings. The Hall–Kier alpha value is -1.80. The molecule has 106 valence electrons. The van der Waals surface area contributed by atoms with Crippen molar-refractivity contribution in [2.75, 3.05) is 7.11 Å². The highest BCUT2D eigenvalue weighted by Crippen LogP contribution is 2.21. The normalized spacial score (nSPS) is 12.2. The first kappa shape index (κ1) is 14.6. The molecule has 0 spiro atoms. The first-order chi connectivity index (χ1) is 9.72. The van der Waals surface area contributed by atoms with Crippen LogP contribution in [0.3, 0.4) is 0 Å². The molecule has 0 saturated carbocycles. The quantitative estimate of drug-likeness (QED) is 0.862. The smallest absolute Gasteiger partial charge is 0.118 e. The number of aryl methyl sites for hydroxylation is 1. The first-order valence-electron chi connectivity index (χ1n) is 7.12. The van der Waals surface area contributed by atoms with Gasteiger partial charge in [0.25, 0.3) is 0 Å². The van der Waals surface area contributed by atoms with E-state index in [4.69, 9.17) is 4.74 Å². The van der Waals surface area contributed by atoms with Crippen molar-refractivity contribution in [1.82, 2.24) is 0 Å². The van der Waals surface area contributed by atoms with Crippen LogP contribution in [0, 0.1) is 0 Å². The molecule has 0 aliphatic carbocycles. The van der Waals surface area contributed by atoms with Crippen LogP contribution in [-0.4, -0.2) is 12.2 Å². The zero-order valence-corrected chi connectivity index (χ0v) is 12.2. The molecule has 0 heterocycles. The van der Waals surface area contributed by atoms with E-state index in [0.717, 1.165) is 29.7 Å². The summed E-state index contributed by atoms with van der Waals surface area (Å²) >= 11 is 0. The van der Waals surface area contributed by atoms with Crippen LogP contribution in [0.2, 0.25) is 0 Å². The van der Waals surface area contributed by atoms with Crippen molar-refractivity contribution < 1.29 is 9.84 Å². The van der Waals surface area contributed by atoms with Crippen LogP contribution >= 0.6 is 0 Å². The molecule has 20 heavy (non-hydrogen) atoms. The molecule has 2 rings (SSSR count). The van der Waals surface area contributed by atoms with Crippen molar-refractivity contribution >= 4 is 0 Å². The van der Waals surface area contributed by atoms with Gasteiger partial charge in [-0.05, 0) is 35.2 Å². The van der Waals surface area contributed by atoms with Gasteiger partial charge in [-0.25, -0.2) is 0 Å². The number of hydrogen-bond donors (Lipinski definition) is 1. The molecular weight excluding hydrogens is 248 g/mol. The number of rotatable bonds is 6. The lowest BCUT2D eigenvalue weighted by Crippen LogP contribution is -2.02. The van der Waals surface area contributed by atoms with E-state index in [1.165, 1.54) is 5.56 Å². The van der Waals surface area contributed by atoms with Crippen LogP contribution in [0.1, 0.15) is 36.1 Å². The van der Waals surface area contributed by atoms with Gasteiger partial charge in [0, 0.05) is 6.42 Å². The van der Waals surface area contributed by atoms with Crippen molar-refractivity contribution in [2.45, 2.75) is 32.3 Å². The molecule has 1 N–H and O–H groups in total. The van der Waals surface area contributed by atoms with Gasteiger partial charge in [0.2, 0.25) is 0 Å². The SMILES string of the molecule is CCCc1ccc(C(O)Cc2ccc(OC)cc2)cc1. The standard InChI is InChI=1S/C18H22O2/c1-3-4-14-5-9-16(10-6-14)18(19)13-15-7-11-17(20-2)12-8-15/h5-12,18-19H,3-4,13H2,1-2H3. The summed E-state index contributed by atoms with van der Waals surface area (Å²) in [6, 6.07) is 16.1. The van der Waals surface area contributed by atoms with Gasteiger partial charge < -0.3 is 9.84 Å². The Balaban J connectivity index is 2.01. The number of methoxy groups -OCH3 is 1. The summed E-state index contributed by atoms with van der Waals surface area (Å²) in [5.41, 5.74) is 3.41. The number of aliphatic hydroxyl groups excluding tert-OH is 1. The molecule has 0 aromatic heterocycles. The molecule has 0 bridgehead atoms. The summed E-state index contributed by atoms with van der Waals surface area (Å²) in [6.45, 7) is 2.17. The Bertz CT molecular complexity index is 514. The second-order valence-corrected chi connectivity index (χ2v) is 5.06. The van der Waals surface area contributed by atoms with E-state index in [1.54, 1.807) is 7.11 Å². The first-order valence-corrected chi connectivity index (χ1v) is 7.12. The summed E-state index contributed by atoms with van der Waals surface area (Å²) in [6.07, 6.45) is 2.40. The Morgan fingerprint density at radius 3 is 2.10 bits per heavy atom. The molecule has 0 amide bonds. The lowest BCUT2D eigenvalue weighted by molar-refractivity contribution is 0.178. The fraction of sp³-hybridized carbons (Fsp3) is 0.333. The Morgan fingerprint density at radius 2 is 1.55 bits per heavy atom. The van der Waals surface area contributed by atoms with E-state index >= 15 is 0 Å². The summed E-state index contributed by atoms with van der Waals surface area (Å²) in [4.78, 5) is 0. The zero-order valence-electron chi connectivity index (χ0n) is 12.2. The average molecular weight is 270 g/mol. The van der Waals surface area contributed by atoms with E-state index < -0.39 is 6.10 Å². The maximum absolute atomic E-state index is 10.3. The number of aliphatic hydroxyl groups is 1. The van der Waals surface area contributed by atoms with E-state index in [0.29, 0.717) is 6.42 Å². The number of ether oxygens (including phenoxy) is 1. The van der Waals surface area contributed by atoms with Crippen LogP contribution < -0.4 is 4.74 Å². The molecule has 0 radical (unpaired) electrons. The highest BCUT2D eigenvalue weighted by Gasteiger charge is 2.08. The zero-order chi connectivity index (χ0) is 14.4. The van der Waals surface area contributed by atoms with Gasteiger partial charge in [0.05, 0.1) is 13.2 Å². The van der Waals surface area contributed by atoms with Gasteiger partial charge >= 0.3 is 0 Å². The van der Waals surface area contributed by atoms with Crippen LogP contribution in [-0.2, 0) is 12.8 Å². The van der Waals surface area contributed by atoms with Gasteiger partial charge in [0.15, 0.2) is 0 Å². The molecule has 1 atom stereocenters. The lowest BCUT2D eigenvalue weighted by Gasteiger charge is -2.12. The van der Waals surface area contributed by atoms with Gasteiger partial charge in [0.1, 0.15) is 5.75 Å². The van der Waals surface area contributed by atoms with Crippen molar-refractivity contribution in [3.8, 4) is 5.75 Å². The number of hydrogen-bond acceptors (Lipinski definition) is 2. The fourth-order valence-corrected chi connectivity index (χ4v) is 2.30. The summed E-state index contributed by atoms with van der Waals surface area (Å²) in [5, 5.41) is 10.3. The topological polar surface area (TPSA) is 29.5 Å². The van der Waals surface area contributed by atoms with Crippen LogP contribution in [0.4, 0.5) is 0 Å². The Morgan fingerprint density at radius 1 is 0.950 bits per heavy atom. The molecule has 0 aliphatic heterocycles. The molecule has 0 fully saturated rings. The predicted molar refractivity (Wildman–Crippen MR) is 82.1 cm³/mol. The van der Waals surface area contributed by atoms with Gasteiger partial charge in [-0.3, -0.25) is 0 Å². The van der Waals surface area contributed by atoms with Crippen molar-refractivity contribution in [2.24, 2.45) is 0 Å². The third kappa shape index (κ3) is 3.84. The second kappa shape index (κ2) is 7.11. The summed E-state index contributed by atoms with van der Waals surface area (Å²) in [5.74, 6) is 0.840. The minimum Gasteiger partial charge on any atom is -0.497 e. The van der Waals surface area contributed by atoms with Gasteiger partial charge in [-0.1, -0.05) is 49.7 Å². The molecule has 2 heteroatoms. The summed E-state index contributed by atoms with van der Waals surface area (Å²) < 4.78 is 5.13. The molecule has 1 unspecified atom stereocenters. The van der Waals surface area contributed by atoms with Crippen LogP contribution in [0.25, 0.3) is 0 Å². The van der Waals surface area contributed by atoms with Crippen molar-refractivity contribution in [3.05, 3.63) is 65.2 Å². The third-order valence-electron chi connectivity index (χ3n) is 3.49. The highest BCUT2D eigenvalue weighted by atomic mass is 16.5. The maximum atomic E-state index is 10.3. The van der Waals surface area contributed by atoms with Gasteiger partial charge in [-0.15, -0.1) is 0 Å². The van der Waals surface area contributed by atoms with E-state index in [9.17, 15) is 5.11 Å². The number of benzene rings is 2. The van der Waals surface area contributed by atoms with Crippen molar-refractivity contribution in [3.63, 3.8) is 0 Å². The fourth-order valence-electron chi connectivity index (χ4n) is 2.30. The minimum absolute atomic E-state index is 0.459. The average Bonchev–Trinajstić information content (AvgIpc) is 2.49. The monoisotopic (exact) mass is 270 g/mol.